The van der Waals surface area contributed by atoms with Gasteiger partial charge in [-0.1, -0.05) is 30.3 Å². The first-order valence-electron chi connectivity index (χ1n) is 10.6. The fourth-order valence-electron chi connectivity index (χ4n) is 4.77. The van der Waals surface area contributed by atoms with Crippen LogP contribution >= 0.6 is 0 Å². The highest BCUT2D eigenvalue weighted by Gasteiger charge is 2.38. The van der Waals surface area contributed by atoms with Crippen LogP contribution in [0.2, 0.25) is 0 Å². The molecule has 1 saturated heterocycles. The molecule has 1 fully saturated rings. The van der Waals surface area contributed by atoms with Crippen molar-refractivity contribution < 1.29 is 12.8 Å². The predicted octanol–water partition coefficient (Wildman–Crippen LogP) is 3.94. The third kappa shape index (κ3) is 4.02. The van der Waals surface area contributed by atoms with Crippen LogP contribution in [0.25, 0.3) is 11.3 Å². The van der Waals surface area contributed by atoms with E-state index < -0.39 is 9.84 Å². The first kappa shape index (κ1) is 20.3. The van der Waals surface area contributed by atoms with Crippen molar-refractivity contribution in [3.05, 3.63) is 88.4 Å². The molecule has 5 rings (SSSR count). The van der Waals surface area contributed by atoms with E-state index in [-0.39, 0.29) is 23.4 Å². The molecule has 0 bridgehead atoms. The van der Waals surface area contributed by atoms with Crippen molar-refractivity contribution in [1.82, 2.24) is 9.88 Å². The minimum absolute atomic E-state index is 0.162. The second kappa shape index (κ2) is 7.84. The summed E-state index contributed by atoms with van der Waals surface area (Å²) in [4.78, 5) is 6.56. The third-order valence-electron chi connectivity index (χ3n) is 6.51. The maximum atomic E-state index is 14.3. The van der Waals surface area contributed by atoms with Gasteiger partial charge in [0.05, 0.1) is 11.5 Å². The first-order chi connectivity index (χ1) is 14.9. The Morgan fingerprint density at radius 2 is 1.97 bits per heavy atom. The number of aryl methyl sites for hydroxylation is 1. The summed E-state index contributed by atoms with van der Waals surface area (Å²) in [7, 11) is -2.81. The maximum Gasteiger partial charge on any atom is 0.153 e. The molecule has 0 atom stereocenters. The average molecular weight is 437 g/mol. The number of aromatic nitrogens is 1. The summed E-state index contributed by atoms with van der Waals surface area (Å²) in [5.41, 5.74) is 7.30. The molecule has 2 aliphatic heterocycles. The van der Waals surface area contributed by atoms with Crippen LogP contribution in [0.4, 0.5) is 4.39 Å². The zero-order chi connectivity index (χ0) is 21.6. The molecule has 31 heavy (non-hydrogen) atoms. The Labute approximate surface area is 182 Å². The van der Waals surface area contributed by atoms with E-state index in [9.17, 15) is 12.8 Å². The van der Waals surface area contributed by atoms with Gasteiger partial charge in [0.2, 0.25) is 0 Å². The molecule has 160 valence electrons. The molecular formula is C25H25FN2O2S. The lowest BCUT2D eigenvalue weighted by atomic mass is 9.89. The number of hydrogen-bond acceptors (Lipinski definition) is 4. The van der Waals surface area contributed by atoms with Crippen molar-refractivity contribution in [1.29, 1.82) is 0 Å². The summed E-state index contributed by atoms with van der Waals surface area (Å²) < 4.78 is 37.4. The van der Waals surface area contributed by atoms with Gasteiger partial charge in [-0.3, -0.25) is 9.88 Å². The van der Waals surface area contributed by atoms with Crippen molar-refractivity contribution in [3.8, 4) is 11.3 Å². The normalized spacial score (nSPS) is 18.4. The topological polar surface area (TPSA) is 50.3 Å². The Kier molecular flexibility index (Phi) is 5.15. The van der Waals surface area contributed by atoms with E-state index in [0.717, 1.165) is 42.6 Å². The number of halogens is 1. The lowest BCUT2D eigenvalue weighted by Gasteiger charge is -2.40. The Bertz CT molecular complexity index is 1240. The monoisotopic (exact) mass is 436 g/mol. The van der Waals surface area contributed by atoms with Crippen LogP contribution in [0.3, 0.4) is 0 Å². The molecule has 0 radical (unpaired) electrons. The fourth-order valence-corrected chi connectivity index (χ4v) is 6.27. The molecule has 2 aliphatic rings. The summed E-state index contributed by atoms with van der Waals surface area (Å²) in [5, 5.41) is 0. The van der Waals surface area contributed by atoms with Crippen LogP contribution in [0.5, 0.6) is 0 Å². The van der Waals surface area contributed by atoms with Gasteiger partial charge in [0.1, 0.15) is 11.5 Å². The highest BCUT2D eigenvalue weighted by atomic mass is 32.2. The van der Waals surface area contributed by atoms with Gasteiger partial charge in [-0.05, 0) is 65.8 Å². The standard InChI is InChI=1S/C25H25FN2O2S/c1-17-7-8-18(13-23(17)25-24(26)6-3-10-27-25)12-19-4-2-5-20-14-28(11-9-22(19)20)21-15-31(29,30)16-21/h2-8,10,13,21H,9,11-12,14-16H2,1H3. The second-order valence-electron chi connectivity index (χ2n) is 8.67. The number of fused-ring (bicyclic) bond motifs is 1. The molecule has 0 aliphatic carbocycles. The van der Waals surface area contributed by atoms with Crippen LogP contribution in [-0.4, -0.2) is 42.4 Å². The van der Waals surface area contributed by atoms with Crippen LogP contribution in [0.15, 0.2) is 54.7 Å². The van der Waals surface area contributed by atoms with Gasteiger partial charge in [-0.15, -0.1) is 0 Å². The molecule has 3 heterocycles. The second-order valence-corrected chi connectivity index (χ2v) is 10.8. The summed E-state index contributed by atoms with van der Waals surface area (Å²) >= 11 is 0. The van der Waals surface area contributed by atoms with E-state index >= 15 is 0 Å². The summed E-state index contributed by atoms with van der Waals surface area (Å²) in [6, 6.07) is 15.8. The van der Waals surface area contributed by atoms with Crippen LogP contribution in [-0.2, 0) is 29.2 Å². The molecular weight excluding hydrogens is 411 g/mol. The first-order valence-corrected chi connectivity index (χ1v) is 12.5. The van der Waals surface area contributed by atoms with Gasteiger partial charge in [0, 0.05) is 30.9 Å². The van der Waals surface area contributed by atoms with Crippen molar-refractivity contribution in [3.63, 3.8) is 0 Å². The van der Waals surface area contributed by atoms with Gasteiger partial charge < -0.3 is 0 Å². The number of sulfone groups is 1. The molecule has 3 aromatic rings. The number of nitrogens with zero attached hydrogens (tertiary/aromatic N) is 2. The highest BCUT2D eigenvalue weighted by Crippen LogP contribution is 2.30. The average Bonchev–Trinajstić information content (AvgIpc) is 2.74. The zero-order valence-corrected chi connectivity index (χ0v) is 18.3. The Hall–Kier alpha value is -2.57. The largest absolute Gasteiger partial charge is 0.294 e. The predicted molar refractivity (Wildman–Crippen MR) is 120 cm³/mol. The van der Waals surface area contributed by atoms with Crippen molar-refractivity contribution in [2.75, 3.05) is 18.1 Å². The summed E-state index contributed by atoms with van der Waals surface area (Å²) in [6.45, 7) is 3.68. The fraction of sp³-hybridized carbons (Fsp3) is 0.320. The molecule has 4 nitrogen and oxygen atoms in total. The number of pyridine rings is 1. The quantitative estimate of drug-likeness (QED) is 0.622. The zero-order valence-electron chi connectivity index (χ0n) is 17.5. The molecule has 0 N–H and O–H groups in total. The Balaban J connectivity index is 1.40. The van der Waals surface area contributed by atoms with Gasteiger partial charge in [0.25, 0.3) is 0 Å². The molecule has 0 saturated carbocycles. The lowest BCUT2D eigenvalue weighted by molar-refractivity contribution is 0.195. The van der Waals surface area contributed by atoms with Crippen LogP contribution in [0.1, 0.15) is 27.8 Å². The third-order valence-corrected chi connectivity index (χ3v) is 8.30. The van der Waals surface area contributed by atoms with Crippen molar-refractivity contribution in [2.45, 2.75) is 32.4 Å². The van der Waals surface area contributed by atoms with E-state index in [4.69, 9.17) is 0 Å². The van der Waals surface area contributed by atoms with Gasteiger partial charge >= 0.3 is 0 Å². The summed E-state index contributed by atoms with van der Waals surface area (Å²) in [6.07, 6.45) is 3.33. The maximum absolute atomic E-state index is 14.3. The molecule has 0 unspecified atom stereocenters. The van der Waals surface area contributed by atoms with Gasteiger partial charge in [-0.25, -0.2) is 12.8 Å². The van der Waals surface area contributed by atoms with Gasteiger partial charge in [-0.2, -0.15) is 0 Å². The van der Waals surface area contributed by atoms with Crippen LogP contribution in [0, 0.1) is 12.7 Å². The minimum atomic E-state index is -2.81. The molecule has 0 spiro atoms. The van der Waals surface area contributed by atoms with Crippen molar-refractivity contribution >= 4 is 9.84 Å². The van der Waals surface area contributed by atoms with E-state index in [1.54, 1.807) is 12.3 Å². The molecule has 6 heteroatoms. The number of hydrogen-bond donors (Lipinski definition) is 0. The smallest absolute Gasteiger partial charge is 0.153 e. The Morgan fingerprint density at radius 1 is 1.13 bits per heavy atom. The van der Waals surface area contributed by atoms with Gasteiger partial charge in [0.15, 0.2) is 9.84 Å². The van der Waals surface area contributed by atoms with E-state index in [1.165, 1.54) is 22.8 Å². The van der Waals surface area contributed by atoms with E-state index in [0.29, 0.717) is 5.69 Å². The number of benzene rings is 2. The summed E-state index contributed by atoms with van der Waals surface area (Å²) in [5.74, 6) is 0.272. The van der Waals surface area contributed by atoms with Crippen molar-refractivity contribution in [2.24, 2.45) is 0 Å². The van der Waals surface area contributed by atoms with E-state index in [2.05, 4.69) is 40.2 Å². The van der Waals surface area contributed by atoms with E-state index in [1.807, 2.05) is 13.0 Å². The molecule has 0 amide bonds. The minimum Gasteiger partial charge on any atom is -0.294 e. The molecule has 1 aromatic heterocycles. The van der Waals surface area contributed by atoms with Crippen LogP contribution < -0.4 is 0 Å². The SMILES string of the molecule is Cc1ccc(Cc2cccc3c2CCN(C2CS(=O)(=O)C2)C3)cc1-c1ncccc1F. The highest BCUT2D eigenvalue weighted by molar-refractivity contribution is 7.92. The molecule has 2 aromatic carbocycles. The Morgan fingerprint density at radius 3 is 2.74 bits per heavy atom. The number of rotatable bonds is 4. The lowest BCUT2D eigenvalue weighted by Crippen LogP contribution is -2.54.